The molecular weight excluding hydrogens is 198 g/mol. The number of nitrogens with one attached hydrogen (secondary N) is 1. The fourth-order valence-electron chi connectivity index (χ4n) is 1.74. The Hall–Kier alpha value is -0.120. The lowest BCUT2D eigenvalue weighted by molar-refractivity contribution is 0.209. The topological polar surface area (TPSA) is 18.5 Å². The molecule has 0 aliphatic rings. The predicted molar refractivity (Wildman–Crippen MR) is 73.0 cm³/mol. The summed E-state index contributed by atoms with van der Waals surface area (Å²) in [5.74, 6) is 0. The van der Waals surface area contributed by atoms with Gasteiger partial charge in [0.2, 0.25) is 0 Å². The second kappa shape index (κ2) is 8.97. The Kier molecular flexibility index (Phi) is 8.90. The van der Waals surface area contributed by atoms with E-state index in [1.807, 2.05) is 0 Å². The average Bonchev–Trinajstić information content (AvgIpc) is 2.22. The van der Waals surface area contributed by atoms with Gasteiger partial charge in [0.1, 0.15) is 0 Å². The molecule has 0 rings (SSSR count). The molecule has 0 aromatic rings. The SMILES string of the molecule is CCCNC(C)CC(C)N(C)CCN(C)C. The summed E-state index contributed by atoms with van der Waals surface area (Å²) in [4.78, 5) is 4.69. The normalized spacial score (nSPS) is 15.8. The third kappa shape index (κ3) is 8.08. The van der Waals surface area contributed by atoms with Crippen molar-refractivity contribution in [2.24, 2.45) is 0 Å². The van der Waals surface area contributed by atoms with Crippen LogP contribution in [0.5, 0.6) is 0 Å². The van der Waals surface area contributed by atoms with Crippen LogP contribution in [0.3, 0.4) is 0 Å². The minimum Gasteiger partial charge on any atom is -0.314 e. The summed E-state index contributed by atoms with van der Waals surface area (Å²) in [7, 11) is 6.48. The van der Waals surface area contributed by atoms with Crippen LogP contribution in [0.25, 0.3) is 0 Å². The minimum absolute atomic E-state index is 0.622. The second-order valence-electron chi connectivity index (χ2n) is 5.22. The fourth-order valence-corrected chi connectivity index (χ4v) is 1.74. The first-order valence-electron chi connectivity index (χ1n) is 6.55. The van der Waals surface area contributed by atoms with E-state index >= 15 is 0 Å². The van der Waals surface area contributed by atoms with Crippen molar-refractivity contribution in [2.45, 2.75) is 45.7 Å². The van der Waals surface area contributed by atoms with Crippen LogP contribution in [0, 0.1) is 0 Å². The zero-order chi connectivity index (χ0) is 12.6. The third-order valence-corrected chi connectivity index (χ3v) is 3.09. The third-order valence-electron chi connectivity index (χ3n) is 3.09. The molecule has 0 spiro atoms. The van der Waals surface area contributed by atoms with Gasteiger partial charge in [-0.2, -0.15) is 0 Å². The van der Waals surface area contributed by atoms with E-state index in [4.69, 9.17) is 0 Å². The Morgan fingerprint density at radius 2 is 1.69 bits per heavy atom. The first-order chi connectivity index (χ1) is 7.47. The van der Waals surface area contributed by atoms with Gasteiger partial charge in [-0.15, -0.1) is 0 Å². The Bertz CT molecular complexity index is 159. The maximum atomic E-state index is 3.55. The molecule has 16 heavy (non-hydrogen) atoms. The molecule has 0 aromatic carbocycles. The highest BCUT2D eigenvalue weighted by atomic mass is 15.2. The predicted octanol–water partition coefficient (Wildman–Crippen LogP) is 1.65. The molecule has 2 unspecified atom stereocenters. The van der Waals surface area contributed by atoms with Crippen molar-refractivity contribution in [3.63, 3.8) is 0 Å². The highest BCUT2D eigenvalue weighted by molar-refractivity contribution is 4.71. The molecule has 0 fully saturated rings. The first-order valence-corrected chi connectivity index (χ1v) is 6.55. The number of hydrogen-bond acceptors (Lipinski definition) is 3. The van der Waals surface area contributed by atoms with Gasteiger partial charge >= 0.3 is 0 Å². The molecule has 2 atom stereocenters. The molecule has 0 radical (unpaired) electrons. The molecule has 0 heterocycles. The molecule has 0 bridgehead atoms. The average molecular weight is 229 g/mol. The maximum absolute atomic E-state index is 3.55. The molecular formula is C13H31N3. The first kappa shape index (κ1) is 15.9. The summed E-state index contributed by atoms with van der Waals surface area (Å²) >= 11 is 0. The van der Waals surface area contributed by atoms with E-state index in [0.29, 0.717) is 12.1 Å². The van der Waals surface area contributed by atoms with Crippen LogP contribution in [0.1, 0.15) is 33.6 Å². The van der Waals surface area contributed by atoms with Crippen molar-refractivity contribution in [1.82, 2.24) is 15.1 Å². The van der Waals surface area contributed by atoms with E-state index in [1.54, 1.807) is 0 Å². The van der Waals surface area contributed by atoms with Crippen molar-refractivity contribution < 1.29 is 0 Å². The van der Waals surface area contributed by atoms with Crippen LogP contribution in [0.15, 0.2) is 0 Å². The van der Waals surface area contributed by atoms with Crippen LogP contribution in [0.4, 0.5) is 0 Å². The number of hydrogen-bond donors (Lipinski definition) is 1. The molecule has 0 saturated carbocycles. The molecule has 0 aromatic heterocycles. The van der Waals surface area contributed by atoms with Gasteiger partial charge in [0.15, 0.2) is 0 Å². The Balaban J connectivity index is 3.72. The standard InChI is InChI=1S/C13H31N3/c1-7-8-14-12(2)11-13(3)16(6)10-9-15(4)5/h12-14H,7-11H2,1-6H3. The molecule has 1 N–H and O–H groups in total. The summed E-state index contributed by atoms with van der Waals surface area (Å²) < 4.78 is 0. The van der Waals surface area contributed by atoms with Gasteiger partial charge < -0.3 is 15.1 Å². The Morgan fingerprint density at radius 1 is 1.06 bits per heavy atom. The molecule has 98 valence electrons. The summed E-state index contributed by atoms with van der Waals surface area (Å²) in [5.41, 5.74) is 0. The largest absolute Gasteiger partial charge is 0.314 e. The summed E-state index contributed by atoms with van der Waals surface area (Å²) in [6.45, 7) is 10.2. The van der Waals surface area contributed by atoms with E-state index in [0.717, 1.165) is 19.6 Å². The van der Waals surface area contributed by atoms with Gasteiger partial charge in [0.05, 0.1) is 0 Å². The fraction of sp³-hybridized carbons (Fsp3) is 1.00. The zero-order valence-corrected chi connectivity index (χ0v) is 12.1. The summed E-state index contributed by atoms with van der Waals surface area (Å²) in [6, 6.07) is 1.27. The van der Waals surface area contributed by atoms with Gasteiger partial charge in [-0.3, -0.25) is 0 Å². The quantitative estimate of drug-likeness (QED) is 0.648. The van der Waals surface area contributed by atoms with Crippen LogP contribution in [-0.4, -0.2) is 62.7 Å². The van der Waals surface area contributed by atoms with Gasteiger partial charge in [-0.05, 0) is 54.4 Å². The highest BCUT2D eigenvalue weighted by Crippen LogP contribution is 2.04. The lowest BCUT2D eigenvalue weighted by atomic mass is 10.1. The Labute approximate surface area is 102 Å². The smallest absolute Gasteiger partial charge is 0.0109 e. The van der Waals surface area contributed by atoms with Crippen molar-refractivity contribution in [2.75, 3.05) is 40.8 Å². The molecule has 0 amide bonds. The lowest BCUT2D eigenvalue weighted by Crippen LogP contribution is -2.39. The monoisotopic (exact) mass is 229 g/mol. The van der Waals surface area contributed by atoms with Crippen molar-refractivity contribution >= 4 is 0 Å². The molecule has 3 heteroatoms. The highest BCUT2D eigenvalue weighted by Gasteiger charge is 2.12. The molecule has 3 nitrogen and oxygen atoms in total. The molecule has 0 aliphatic carbocycles. The van der Waals surface area contributed by atoms with Crippen molar-refractivity contribution in [3.05, 3.63) is 0 Å². The van der Waals surface area contributed by atoms with Crippen LogP contribution in [-0.2, 0) is 0 Å². The molecule has 0 aliphatic heterocycles. The van der Waals surface area contributed by atoms with E-state index in [-0.39, 0.29) is 0 Å². The van der Waals surface area contributed by atoms with Crippen LogP contribution < -0.4 is 5.32 Å². The van der Waals surface area contributed by atoms with E-state index in [9.17, 15) is 0 Å². The maximum Gasteiger partial charge on any atom is 0.0109 e. The second-order valence-corrected chi connectivity index (χ2v) is 5.22. The van der Waals surface area contributed by atoms with Gasteiger partial charge in [0.25, 0.3) is 0 Å². The zero-order valence-electron chi connectivity index (χ0n) is 12.1. The minimum atomic E-state index is 0.622. The van der Waals surface area contributed by atoms with Gasteiger partial charge in [0, 0.05) is 25.2 Å². The van der Waals surface area contributed by atoms with Crippen molar-refractivity contribution in [1.29, 1.82) is 0 Å². The molecule has 0 saturated heterocycles. The van der Waals surface area contributed by atoms with Crippen LogP contribution in [0.2, 0.25) is 0 Å². The van der Waals surface area contributed by atoms with Gasteiger partial charge in [-0.1, -0.05) is 6.92 Å². The van der Waals surface area contributed by atoms with E-state index in [2.05, 4.69) is 57.0 Å². The van der Waals surface area contributed by atoms with E-state index in [1.165, 1.54) is 12.8 Å². The van der Waals surface area contributed by atoms with E-state index < -0.39 is 0 Å². The number of rotatable bonds is 9. The summed E-state index contributed by atoms with van der Waals surface area (Å²) in [5, 5.41) is 3.55. The lowest BCUT2D eigenvalue weighted by Gasteiger charge is -2.28. The number of nitrogens with zero attached hydrogens (tertiary/aromatic N) is 2. The number of likely N-dealkylation sites (N-methyl/N-ethyl adjacent to an activating group) is 2. The van der Waals surface area contributed by atoms with Crippen LogP contribution >= 0.6 is 0 Å². The summed E-state index contributed by atoms with van der Waals surface area (Å²) in [6.07, 6.45) is 2.44. The van der Waals surface area contributed by atoms with Gasteiger partial charge in [-0.25, -0.2) is 0 Å². The van der Waals surface area contributed by atoms with Crippen molar-refractivity contribution in [3.8, 4) is 0 Å². The Morgan fingerprint density at radius 3 is 2.19 bits per heavy atom.